The van der Waals surface area contributed by atoms with Gasteiger partial charge >= 0.3 is 0 Å². The molecule has 0 bridgehead atoms. The molecule has 0 amide bonds. The summed E-state index contributed by atoms with van der Waals surface area (Å²) < 4.78 is 0. The van der Waals surface area contributed by atoms with E-state index in [0.717, 1.165) is 0 Å². The Morgan fingerprint density at radius 2 is 0.341 bits per heavy atom. The van der Waals surface area contributed by atoms with Gasteiger partial charge in [0.05, 0.1) is 34.6 Å². The Hall–Kier alpha value is -3.75. The molecule has 6 N–H and O–H groups in total. The molecule has 14 heteroatoms. The van der Waals surface area contributed by atoms with Crippen LogP contribution in [0.5, 0.6) is 0 Å². The SMILES string of the molecule is CC(=O)/C=C(/C)O.CC(=O)/C=C(/C)O.CC(=O)/C=C(/C)O.CC(=O)/C=C(/C)O.CC(=O)/C=C(/C)O.CC(=O)/C=C(/C)O.[Ni].[Ni]. The van der Waals surface area contributed by atoms with E-state index in [0.29, 0.717) is 0 Å². The normalized spacial score (nSPS) is 10.9. The maximum absolute atomic E-state index is 10.0. The second kappa shape index (κ2) is 39.2. The van der Waals surface area contributed by atoms with E-state index in [2.05, 4.69) is 0 Å². The van der Waals surface area contributed by atoms with Crippen molar-refractivity contribution in [1.29, 1.82) is 0 Å². The third kappa shape index (κ3) is 129. The van der Waals surface area contributed by atoms with Crippen molar-refractivity contribution in [3.8, 4) is 0 Å². The van der Waals surface area contributed by atoms with Crippen molar-refractivity contribution >= 4 is 34.7 Å². The fraction of sp³-hybridized carbons (Fsp3) is 0.400. The summed E-state index contributed by atoms with van der Waals surface area (Å²) in [6.45, 7) is 17.1. The Morgan fingerprint density at radius 3 is 0.341 bits per heavy atom. The molecule has 0 aromatic rings. The van der Waals surface area contributed by atoms with Crippen LogP contribution in [0.1, 0.15) is 83.1 Å². The molecule has 0 aliphatic carbocycles. The molecular weight excluding hydrogens is 670 g/mol. The number of allylic oxidation sites excluding steroid dienone is 12. The fourth-order valence-corrected chi connectivity index (χ4v) is 1.76. The first kappa shape index (κ1) is 59.6. The van der Waals surface area contributed by atoms with Gasteiger partial charge in [0.25, 0.3) is 0 Å². The number of ketones is 6. The Balaban J connectivity index is -0.0000000584. The second-order valence-corrected chi connectivity index (χ2v) is 8.38. The van der Waals surface area contributed by atoms with Gasteiger partial charge in [-0.1, -0.05) is 0 Å². The summed E-state index contributed by atoms with van der Waals surface area (Å²) in [6.07, 6.45) is 7.00. The van der Waals surface area contributed by atoms with Gasteiger partial charge in [-0.2, -0.15) is 0 Å². The predicted molar refractivity (Wildman–Crippen MR) is 162 cm³/mol. The van der Waals surface area contributed by atoms with Crippen molar-refractivity contribution in [3.05, 3.63) is 71.0 Å². The molecule has 44 heavy (non-hydrogen) atoms. The average Bonchev–Trinajstić information content (AvgIpc) is 2.63. The zero-order valence-electron chi connectivity index (χ0n) is 27.2. The van der Waals surface area contributed by atoms with Crippen molar-refractivity contribution in [1.82, 2.24) is 0 Å². The molecule has 0 radical (unpaired) electrons. The molecule has 0 unspecified atom stereocenters. The minimum absolute atomic E-state index is 0. The van der Waals surface area contributed by atoms with Gasteiger partial charge < -0.3 is 30.6 Å². The van der Waals surface area contributed by atoms with Crippen LogP contribution in [0.4, 0.5) is 0 Å². The molecule has 0 fully saturated rings. The van der Waals surface area contributed by atoms with Gasteiger partial charge in [0, 0.05) is 69.4 Å². The van der Waals surface area contributed by atoms with Crippen molar-refractivity contribution < 1.29 is 92.4 Å². The molecule has 0 heterocycles. The van der Waals surface area contributed by atoms with Gasteiger partial charge in [0.2, 0.25) is 0 Å². The summed E-state index contributed by atoms with van der Waals surface area (Å²) in [5, 5.41) is 50.2. The first-order chi connectivity index (χ1) is 18.8. The summed E-state index contributed by atoms with van der Waals surface area (Å²) in [4.78, 5) is 60.1. The molecular formula is C30H48Ni2O12. The van der Waals surface area contributed by atoms with Crippen LogP contribution in [0.3, 0.4) is 0 Å². The van der Waals surface area contributed by atoms with E-state index in [1.165, 1.54) is 120 Å². The van der Waals surface area contributed by atoms with Gasteiger partial charge in [-0.3, -0.25) is 28.8 Å². The molecule has 0 saturated heterocycles. The molecule has 260 valence electrons. The quantitative estimate of drug-likeness (QED) is 0.102. The first-order valence-corrected chi connectivity index (χ1v) is 12.0. The molecule has 0 aliphatic heterocycles. The monoisotopic (exact) mass is 716 g/mol. The minimum atomic E-state index is -0.125. The van der Waals surface area contributed by atoms with Crippen LogP contribution in [0.25, 0.3) is 0 Å². The smallest absolute Gasteiger partial charge is 0.155 e. The molecule has 0 aromatic heterocycles. The first-order valence-electron chi connectivity index (χ1n) is 12.0. The molecule has 0 spiro atoms. The Morgan fingerprint density at radius 1 is 0.273 bits per heavy atom. The number of hydrogen-bond donors (Lipinski definition) is 6. The van der Waals surface area contributed by atoms with Crippen molar-refractivity contribution in [2.45, 2.75) is 83.1 Å². The predicted octanol–water partition coefficient (Wildman–Crippen LogP) is 6.22. The maximum atomic E-state index is 10.0. The van der Waals surface area contributed by atoms with Crippen LogP contribution in [0.2, 0.25) is 0 Å². The number of carbonyl (C=O) groups is 6. The van der Waals surface area contributed by atoms with E-state index in [9.17, 15) is 28.8 Å². The Kier molecular flexibility index (Phi) is 53.2. The second-order valence-electron chi connectivity index (χ2n) is 8.38. The molecule has 0 aliphatic rings. The number of hydrogen-bond acceptors (Lipinski definition) is 12. The van der Waals surface area contributed by atoms with Gasteiger partial charge in [-0.05, 0) is 83.1 Å². The van der Waals surface area contributed by atoms with Crippen molar-refractivity contribution in [2.24, 2.45) is 0 Å². The van der Waals surface area contributed by atoms with Crippen LogP contribution in [-0.4, -0.2) is 65.3 Å². The topological polar surface area (TPSA) is 224 Å². The summed E-state index contributed by atoms with van der Waals surface area (Å²) in [7, 11) is 0. The van der Waals surface area contributed by atoms with E-state index >= 15 is 0 Å². The van der Waals surface area contributed by atoms with Gasteiger partial charge in [-0.25, -0.2) is 0 Å². The van der Waals surface area contributed by atoms with Gasteiger partial charge in [-0.15, -0.1) is 0 Å². The summed E-state index contributed by atoms with van der Waals surface area (Å²) in [5.74, 6) is -0.375. The van der Waals surface area contributed by atoms with Crippen LogP contribution >= 0.6 is 0 Å². The summed E-state index contributed by atoms with van der Waals surface area (Å²) >= 11 is 0. The third-order valence-electron chi connectivity index (χ3n) is 2.47. The molecule has 0 saturated carbocycles. The number of rotatable bonds is 6. The number of aliphatic hydroxyl groups excluding tert-OH is 6. The molecule has 0 rings (SSSR count). The van der Waals surface area contributed by atoms with Crippen LogP contribution in [-0.2, 0) is 61.8 Å². The maximum Gasteiger partial charge on any atom is 0.155 e. The van der Waals surface area contributed by atoms with E-state index in [1.54, 1.807) is 0 Å². The summed E-state index contributed by atoms with van der Waals surface area (Å²) in [6, 6.07) is 0. The van der Waals surface area contributed by atoms with E-state index in [4.69, 9.17) is 30.6 Å². The van der Waals surface area contributed by atoms with Crippen LogP contribution < -0.4 is 0 Å². The standard InChI is InChI=1S/6C5H8O2.2Ni/c6*1-4(6)3-5(2)7;;/h6*3,6H,1-2H3;;/b6*4-3-;;. The van der Waals surface area contributed by atoms with Crippen LogP contribution in [0, 0.1) is 0 Å². The summed E-state index contributed by atoms with van der Waals surface area (Å²) in [5.41, 5.74) is 0. The van der Waals surface area contributed by atoms with Crippen molar-refractivity contribution in [2.75, 3.05) is 0 Å². The minimum Gasteiger partial charge on any atom is -0.512 e. The van der Waals surface area contributed by atoms with Gasteiger partial charge in [0.1, 0.15) is 0 Å². The average molecular weight is 718 g/mol. The van der Waals surface area contributed by atoms with E-state index in [-0.39, 0.29) is 102 Å². The van der Waals surface area contributed by atoms with Crippen LogP contribution in [0.15, 0.2) is 71.0 Å². The zero-order chi connectivity index (χ0) is 35.2. The Bertz CT molecular complexity index is 821. The number of carbonyl (C=O) groups excluding carboxylic acids is 6. The third-order valence-corrected chi connectivity index (χ3v) is 2.47. The number of aliphatic hydroxyl groups is 6. The Labute approximate surface area is 280 Å². The molecule has 12 nitrogen and oxygen atoms in total. The largest absolute Gasteiger partial charge is 0.512 e. The van der Waals surface area contributed by atoms with E-state index in [1.807, 2.05) is 0 Å². The zero-order valence-corrected chi connectivity index (χ0v) is 29.2. The van der Waals surface area contributed by atoms with E-state index < -0.39 is 0 Å². The molecule has 0 atom stereocenters. The van der Waals surface area contributed by atoms with Crippen molar-refractivity contribution in [3.63, 3.8) is 0 Å². The fourth-order valence-electron chi connectivity index (χ4n) is 1.76. The molecule has 0 aromatic carbocycles. The van der Waals surface area contributed by atoms with Gasteiger partial charge in [0.15, 0.2) is 34.7 Å².